The first-order valence-corrected chi connectivity index (χ1v) is 13.2. The van der Waals surface area contributed by atoms with Gasteiger partial charge >= 0.3 is 6.03 Å². The number of halogens is 1. The summed E-state index contributed by atoms with van der Waals surface area (Å²) in [7, 11) is 0. The van der Waals surface area contributed by atoms with E-state index in [1.165, 1.54) is 50.5 Å². The Bertz CT molecular complexity index is 971. The third kappa shape index (κ3) is 4.87. The van der Waals surface area contributed by atoms with Crippen molar-refractivity contribution in [2.75, 3.05) is 23.7 Å². The molecule has 2 aromatic rings. The van der Waals surface area contributed by atoms with Crippen molar-refractivity contribution in [3.05, 3.63) is 53.1 Å². The van der Waals surface area contributed by atoms with Crippen molar-refractivity contribution in [3.8, 4) is 0 Å². The SMILES string of the molecule is CCC1(c2ccc(Nc3ccc(NC(=O)N4CCCC4)cc3)c(Cl)c2)CC2CCCC(C2)C1. The molecule has 176 valence electrons. The molecule has 0 aromatic heterocycles. The van der Waals surface area contributed by atoms with E-state index >= 15 is 0 Å². The van der Waals surface area contributed by atoms with Gasteiger partial charge in [0, 0.05) is 24.5 Å². The number of urea groups is 1. The number of carbonyl (C=O) groups excluding carboxylic acids is 1. The van der Waals surface area contributed by atoms with Crippen LogP contribution in [-0.2, 0) is 5.41 Å². The Labute approximate surface area is 203 Å². The van der Waals surface area contributed by atoms with Crippen molar-refractivity contribution >= 4 is 34.7 Å². The lowest BCUT2D eigenvalue weighted by molar-refractivity contribution is 0.106. The highest BCUT2D eigenvalue weighted by Crippen LogP contribution is 2.52. The van der Waals surface area contributed by atoms with Crippen molar-refractivity contribution in [1.29, 1.82) is 0 Å². The predicted octanol–water partition coefficient (Wildman–Crippen LogP) is 7.96. The maximum atomic E-state index is 12.3. The highest BCUT2D eigenvalue weighted by atomic mass is 35.5. The van der Waals surface area contributed by atoms with Gasteiger partial charge in [-0.25, -0.2) is 4.79 Å². The third-order valence-electron chi connectivity index (χ3n) is 8.32. The molecule has 2 aromatic carbocycles. The molecule has 2 N–H and O–H groups in total. The molecule has 0 spiro atoms. The first-order valence-electron chi connectivity index (χ1n) is 12.8. The fourth-order valence-corrected chi connectivity index (χ4v) is 6.78. The minimum Gasteiger partial charge on any atom is -0.354 e. The molecule has 5 heteroatoms. The van der Waals surface area contributed by atoms with E-state index < -0.39 is 0 Å². The Morgan fingerprint density at radius 1 is 1.00 bits per heavy atom. The van der Waals surface area contributed by atoms with Gasteiger partial charge in [-0.05, 0) is 97.7 Å². The van der Waals surface area contributed by atoms with Gasteiger partial charge in [0.2, 0.25) is 0 Å². The number of anilines is 3. The summed E-state index contributed by atoms with van der Waals surface area (Å²) in [6.45, 7) is 4.05. The molecule has 3 aliphatic rings. The zero-order chi connectivity index (χ0) is 22.8. The summed E-state index contributed by atoms with van der Waals surface area (Å²) >= 11 is 6.79. The summed E-state index contributed by atoms with van der Waals surface area (Å²) in [4.78, 5) is 14.2. The molecule has 2 aliphatic carbocycles. The second-order valence-corrected chi connectivity index (χ2v) is 10.9. The zero-order valence-corrected chi connectivity index (χ0v) is 20.5. The van der Waals surface area contributed by atoms with Crippen molar-refractivity contribution in [3.63, 3.8) is 0 Å². The van der Waals surface area contributed by atoms with Crippen LogP contribution in [0.25, 0.3) is 0 Å². The van der Waals surface area contributed by atoms with E-state index in [1.807, 2.05) is 29.2 Å². The molecule has 5 rings (SSSR count). The summed E-state index contributed by atoms with van der Waals surface area (Å²) in [6.07, 6.45) is 11.7. The van der Waals surface area contributed by atoms with Gasteiger partial charge in [-0.15, -0.1) is 0 Å². The lowest BCUT2D eigenvalue weighted by atomic mass is 9.57. The minimum absolute atomic E-state index is 0.0106. The van der Waals surface area contributed by atoms with Crippen LogP contribution in [0, 0.1) is 11.8 Å². The average Bonchev–Trinajstić information content (AvgIpc) is 3.36. The van der Waals surface area contributed by atoms with E-state index in [2.05, 4.69) is 35.8 Å². The van der Waals surface area contributed by atoms with Crippen LogP contribution < -0.4 is 10.6 Å². The van der Waals surface area contributed by atoms with E-state index in [-0.39, 0.29) is 11.4 Å². The van der Waals surface area contributed by atoms with Crippen molar-refractivity contribution in [2.24, 2.45) is 11.8 Å². The second-order valence-electron chi connectivity index (χ2n) is 10.5. The van der Waals surface area contributed by atoms with Crippen LogP contribution in [0.1, 0.15) is 70.3 Å². The van der Waals surface area contributed by atoms with E-state index in [0.717, 1.165) is 59.9 Å². The lowest BCUT2D eigenvalue weighted by Crippen LogP contribution is -2.38. The molecule has 2 amide bonds. The molecule has 2 unspecified atom stereocenters. The maximum Gasteiger partial charge on any atom is 0.321 e. The summed E-state index contributed by atoms with van der Waals surface area (Å²) in [6, 6.07) is 14.5. The van der Waals surface area contributed by atoms with Gasteiger partial charge in [0.25, 0.3) is 0 Å². The van der Waals surface area contributed by atoms with E-state index in [1.54, 1.807) is 0 Å². The lowest BCUT2D eigenvalue weighted by Gasteiger charge is -2.47. The zero-order valence-electron chi connectivity index (χ0n) is 19.7. The van der Waals surface area contributed by atoms with Crippen molar-refractivity contribution in [2.45, 2.75) is 70.1 Å². The highest BCUT2D eigenvalue weighted by Gasteiger charge is 2.42. The quantitative estimate of drug-likeness (QED) is 0.470. The van der Waals surface area contributed by atoms with Crippen molar-refractivity contribution < 1.29 is 4.79 Å². The van der Waals surface area contributed by atoms with Crippen LogP contribution in [0.2, 0.25) is 5.02 Å². The third-order valence-corrected chi connectivity index (χ3v) is 8.63. The molecule has 2 saturated carbocycles. The molecule has 1 saturated heterocycles. The molecule has 1 heterocycles. The molecule has 1 aliphatic heterocycles. The van der Waals surface area contributed by atoms with Crippen LogP contribution in [-0.4, -0.2) is 24.0 Å². The standard InChI is InChI=1S/C28H36ClN3O/c1-2-28(18-20-6-5-7-21(16-20)19-28)22-8-13-26(25(29)17-22)30-23-9-11-24(12-10-23)31-27(33)32-14-3-4-15-32/h8-13,17,20-21,30H,2-7,14-16,18-19H2,1H3,(H,31,33). The van der Waals surface area contributed by atoms with Crippen LogP contribution in [0.15, 0.2) is 42.5 Å². The Balaban J connectivity index is 1.26. The Kier molecular flexibility index (Phi) is 6.56. The minimum atomic E-state index is -0.0106. The van der Waals surface area contributed by atoms with Gasteiger partial charge in [-0.1, -0.05) is 43.9 Å². The van der Waals surface area contributed by atoms with Crippen LogP contribution in [0.5, 0.6) is 0 Å². The second kappa shape index (κ2) is 9.58. The van der Waals surface area contributed by atoms with Crippen LogP contribution >= 0.6 is 11.6 Å². The Morgan fingerprint density at radius 2 is 1.67 bits per heavy atom. The summed E-state index contributed by atoms with van der Waals surface area (Å²) < 4.78 is 0. The van der Waals surface area contributed by atoms with Gasteiger partial charge < -0.3 is 15.5 Å². The molecule has 0 radical (unpaired) electrons. The first kappa shape index (κ1) is 22.6. The van der Waals surface area contributed by atoms with E-state index in [4.69, 9.17) is 11.6 Å². The number of nitrogens with zero attached hydrogens (tertiary/aromatic N) is 1. The fourth-order valence-electron chi connectivity index (χ4n) is 6.55. The number of rotatable bonds is 5. The largest absolute Gasteiger partial charge is 0.354 e. The van der Waals surface area contributed by atoms with Gasteiger partial charge in [0.15, 0.2) is 0 Å². The monoisotopic (exact) mass is 465 g/mol. The fraction of sp³-hybridized carbons (Fsp3) is 0.536. The maximum absolute atomic E-state index is 12.3. The number of hydrogen-bond donors (Lipinski definition) is 2. The highest BCUT2D eigenvalue weighted by molar-refractivity contribution is 6.33. The van der Waals surface area contributed by atoms with E-state index in [0.29, 0.717) is 0 Å². The number of fused-ring (bicyclic) bond motifs is 2. The smallest absolute Gasteiger partial charge is 0.321 e. The van der Waals surface area contributed by atoms with Gasteiger partial charge in [-0.2, -0.15) is 0 Å². The molecular weight excluding hydrogens is 430 g/mol. The van der Waals surface area contributed by atoms with Crippen LogP contribution in [0.3, 0.4) is 0 Å². The molecule has 2 bridgehead atoms. The topological polar surface area (TPSA) is 44.4 Å². The Hall–Kier alpha value is -2.20. The predicted molar refractivity (Wildman–Crippen MR) is 138 cm³/mol. The first-order chi connectivity index (χ1) is 16.0. The van der Waals surface area contributed by atoms with Gasteiger partial charge in [0.1, 0.15) is 0 Å². The number of hydrogen-bond acceptors (Lipinski definition) is 2. The Morgan fingerprint density at radius 3 is 2.30 bits per heavy atom. The van der Waals surface area contributed by atoms with Crippen molar-refractivity contribution in [1.82, 2.24) is 4.90 Å². The number of amides is 2. The van der Waals surface area contributed by atoms with Crippen LogP contribution in [0.4, 0.5) is 21.9 Å². The summed E-state index contributed by atoms with van der Waals surface area (Å²) in [5.74, 6) is 1.78. The van der Waals surface area contributed by atoms with Gasteiger partial charge in [0.05, 0.1) is 10.7 Å². The molecule has 3 fully saturated rings. The molecule has 4 nitrogen and oxygen atoms in total. The summed E-state index contributed by atoms with van der Waals surface area (Å²) in [5.41, 5.74) is 4.40. The molecular formula is C28H36ClN3O. The number of carbonyl (C=O) groups is 1. The number of likely N-dealkylation sites (tertiary alicyclic amines) is 1. The number of nitrogens with one attached hydrogen (secondary N) is 2. The molecule has 2 atom stereocenters. The molecule has 33 heavy (non-hydrogen) atoms. The average molecular weight is 466 g/mol. The van der Waals surface area contributed by atoms with Gasteiger partial charge in [-0.3, -0.25) is 0 Å². The summed E-state index contributed by atoms with van der Waals surface area (Å²) in [5, 5.41) is 7.22. The number of benzene rings is 2. The van der Waals surface area contributed by atoms with E-state index in [9.17, 15) is 4.79 Å². The normalized spacial score (nSPS) is 26.8.